The average Bonchev–Trinajstić information content (AvgIpc) is 2.95. The van der Waals surface area contributed by atoms with Crippen LogP contribution in [0.2, 0.25) is 0 Å². The summed E-state index contributed by atoms with van der Waals surface area (Å²) in [4.78, 5) is 25.8. The predicted octanol–water partition coefficient (Wildman–Crippen LogP) is 0.522. The van der Waals surface area contributed by atoms with Crippen LogP contribution in [0.1, 0.15) is 29.8 Å². The molecule has 20 heavy (non-hydrogen) atoms. The first-order valence-electron chi connectivity index (χ1n) is 6.71. The lowest BCUT2D eigenvalue weighted by molar-refractivity contribution is -0.121. The van der Waals surface area contributed by atoms with Crippen LogP contribution in [0.5, 0.6) is 0 Å². The molecule has 6 heteroatoms. The van der Waals surface area contributed by atoms with Crippen molar-refractivity contribution in [3.8, 4) is 0 Å². The highest BCUT2D eigenvalue weighted by Gasteiger charge is 2.45. The van der Waals surface area contributed by atoms with Crippen LogP contribution in [0, 0.1) is 0 Å². The highest BCUT2D eigenvalue weighted by Crippen LogP contribution is 2.34. The van der Waals surface area contributed by atoms with E-state index < -0.39 is 11.4 Å². The van der Waals surface area contributed by atoms with Crippen molar-refractivity contribution in [2.24, 2.45) is 12.8 Å². The van der Waals surface area contributed by atoms with Crippen LogP contribution in [0.4, 0.5) is 0 Å². The van der Waals surface area contributed by atoms with Crippen molar-refractivity contribution < 1.29 is 14.3 Å². The molecule has 1 saturated heterocycles. The molecule has 2 amide bonds. The number of aromatic nitrogens is 1. The second kappa shape index (κ2) is 5.66. The summed E-state index contributed by atoms with van der Waals surface area (Å²) in [6, 6.07) is 3.61. The molecule has 2 rings (SSSR count). The SMILES string of the molecule is COC[C@]1(CC(N)=O)CCCN1C(=O)c1cccn1C. The van der Waals surface area contributed by atoms with Crippen LogP contribution >= 0.6 is 0 Å². The zero-order chi connectivity index (χ0) is 14.8. The topological polar surface area (TPSA) is 77.6 Å². The molecule has 6 nitrogen and oxygen atoms in total. The second-order valence-corrected chi connectivity index (χ2v) is 5.37. The zero-order valence-electron chi connectivity index (χ0n) is 12.0. The van der Waals surface area contributed by atoms with E-state index in [1.165, 1.54) is 0 Å². The molecule has 0 bridgehead atoms. The molecular weight excluding hydrogens is 258 g/mol. The molecule has 0 unspecified atom stereocenters. The Morgan fingerprint density at radius 1 is 1.50 bits per heavy atom. The quantitative estimate of drug-likeness (QED) is 0.853. The molecule has 110 valence electrons. The van der Waals surface area contributed by atoms with Gasteiger partial charge in [-0.15, -0.1) is 0 Å². The minimum Gasteiger partial charge on any atom is -0.382 e. The first-order chi connectivity index (χ1) is 9.50. The van der Waals surface area contributed by atoms with Gasteiger partial charge in [-0.2, -0.15) is 0 Å². The molecular formula is C14H21N3O3. The monoisotopic (exact) mass is 279 g/mol. The summed E-state index contributed by atoms with van der Waals surface area (Å²) in [5, 5.41) is 0. The van der Waals surface area contributed by atoms with Gasteiger partial charge in [0.15, 0.2) is 0 Å². The normalized spacial score (nSPS) is 22.2. The second-order valence-electron chi connectivity index (χ2n) is 5.37. The van der Waals surface area contributed by atoms with Gasteiger partial charge in [-0.25, -0.2) is 0 Å². The molecule has 0 radical (unpaired) electrons. The predicted molar refractivity (Wildman–Crippen MR) is 74.1 cm³/mol. The van der Waals surface area contributed by atoms with E-state index in [4.69, 9.17) is 10.5 Å². The fourth-order valence-corrected chi connectivity index (χ4v) is 3.05. The molecule has 2 N–H and O–H groups in total. The maximum atomic E-state index is 12.7. The lowest BCUT2D eigenvalue weighted by Crippen LogP contribution is -2.52. The van der Waals surface area contributed by atoms with Crippen LogP contribution < -0.4 is 5.73 Å². The van der Waals surface area contributed by atoms with Crippen molar-refractivity contribution in [2.75, 3.05) is 20.3 Å². The Hall–Kier alpha value is -1.82. The maximum absolute atomic E-state index is 12.7. The number of amides is 2. The third-order valence-corrected chi connectivity index (χ3v) is 3.92. The van der Waals surface area contributed by atoms with Gasteiger partial charge in [0.1, 0.15) is 5.69 Å². The van der Waals surface area contributed by atoms with E-state index in [1.807, 2.05) is 19.3 Å². The number of primary amides is 1. The van der Waals surface area contributed by atoms with Gasteiger partial charge in [0, 0.05) is 26.9 Å². The summed E-state index contributed by atoms with van der Waals surface area (Å²) in [6.45, 7) is 0.951. The molecule has 1 aromatic heterocycles. The number of methoxy groups -OCH3 is 1. The van der Waals surface area contributed by atoms with Gasteiger partial charge in [-0.05, 0) is 25.0 Å². The number of hydrogen-bond donors (Lipinski definition) is 1. The molecule has 1 aliphatic heterocycles. The van der Waals surface area contributed by atoms with Crippen LogP contribution in [0.3, 0.4) is 0 Å². The molecule has 0 aromatic carbocycles. The third-order valence-electron chi connectivity index (χ3n) is 3.92. The summed E-state index contributed by atoms with van der Waals surface area (Å²) in [5.74, 6) is -0.484. The van der Waals surface area contributed by atoms with Gasteiger partial charge >= 0.3 is 0 Å². The van der Waals surface area contributed by atoms with Gasteiger partial charge in [-0.3, -0.25) is 9.59 Å². The molecule has 0 spiro atoms. The van der Waals surface area contributed by atoms with Crippen molar-refractivity contribution in [1.82, 2.24) is 9.47 Å². The highest BCUT2D eigenvalue weighted by molar-refractivity contribution is 5.94. The summed E-state index contributed by atoms with van der Waals surface area (Å²) < 4.78 is 7.03. The Morgan fingerprint density at radius 3 is 2.80 bits per heavy atom. The fourth-order valence-electron chi connectivity index (χ4n) is 3.05. The molecule has 1 fully saturated rings. The number of nitrogens with two attached hydrogens (primary N) is 1. The number of rotatable bonds is 5. The molecule has 0 aliphatic carbocycles. The lowest BCUT2D eigenvalue weighted by Gasteiger charge is -2.37. The van der Waals surface area contributed by atoms with Crippen molar-refractivity contribution in [2.45, 2.75) is 24.8 Å². The number of aryl methyl sites for hydroxylation is 1. The van der Waals surface area contributed by atoms with E-state index in [1.54, 1.807) is 22.6 Å². The summed E-state index contributed by atoms with van der Waals surface area (Å²) in [5.41, 5.74) is 5.36. The van der Waals surface area contributed by atoms with E-state index in [9.17, 15) is 9.59 Å². The summed E-state index contributed by atoms with van der Waals surface area (Å²) >= 11 is 0. The summed E-state index contributed by atoms with van der Waals surface area (Å²) in [7, 11) is 3.40. The standard InChI is InChI=1S/C14H21N3O3/c1-16-7-3-5-11(16)13(19)17-8-4-6-14(17,10-20-2)9-12(15)18/h3,5,7H,4,6,8-10H2,1-2H3,(H2,15,18)/t14-/m1/s1. The molecule has 1 aromatic rings. The number of nitrogens with zero attached hydrogens (tertiary/aromatic N) is 2. The van der Waals surface area contributed by atoms with Crippen LogP contribution in [0.15, 0.2) is 18.3 Å². The first-order valence-corrected chi connectivity index (χ1v) is 6.71. The summed E-state index contributed by atoms with van der Waals surface area (Å²) in [6.07, 6.45) is 3.55. The van der Waals surface area contributed by atoms with Gasteiger partial charge in [0.05, 0.1) is 18.6 Å². The minimum atomic E-state index is -0.609. The minimum absolute atomic E-state index is 0.0756. The number of carbonyl (C=O) groups excluding carboxylic acids is 2. The smallest absolute Gasteiger partial charge is 0.271 e. The number of carbonyl (C=O) groups is 2. The average molecular weight is 279 g/mol. The van der Waals surface area contributed by atoms with Crippen molar-refractivity contribution in [1.29, 1.82) is 0 Å². The van der Waals surface area contributed by atoms with E-state index in [0.29, 0.717) is 18.8 Å². The van der Waals surface area contributed by atoms with E-state index in [2.05, 4.69) is 0 Å². The highest BCUT2D eigenvalue weighted by atomic mass is 16.5. The molecule has 1 aliphatic rings. The largest absolute Gasteiger partial charge is 0.382 e. The third kappa shape index (κ3) is 2.56. The Bertz CT molecular complexity index is 512. The van der Waals surface area contributed by atoms with Crippen LogP contribution in [-0.2, 0) is 16.6 Å². The van der Waals surface area contributed by atoms with E-state index in [0.717, 1.165) is 12.8 Å². The van der Waals surface area contributed by atoms with E-state index in [-0.39, 0.29) is 12.3 Å². The van der Waals surface area contributed by atoms with Crippen molar-refractivity contribution >= 4 is 11.8 Å². The number of hydrogen-bond acceptors (Lipinski definition) is 3. The first kappa shape index (κ1) is 14.6. The zero-order valence-corrected chi connectivity index (χ0v) is 12.0. The van der Waals surface area contributed by atoms with Gasteiger partial charge in [-0.1, -0.05) is 0 Å². The number of likely N-dealkylation sites (tertiary alicyclic amines) is 1. The maximum Gasteiger partial charge on any atom is 0.271 e. The molecule has 0 saturated carbocycles. The lowest BCUT2D eigenvalue weighted by atomic mass is 9.92. The Balaban J connectivity index is 2.30. The van der Waals surface area contributed by atoms with Crippen LogP contribution in [-0.4, -0.2) is 47.1 Å². The fraction of sp³-hybridized carbons (Fsp3) is 0.571. The van der Waals surface area contributed by atoms with Gasteiger partial charge in [0.2, 0.25) is 5.91 Å². The Morgan fingerprint density at radius 2 is 2.25 bits per heavy atom. The van der Waals surface area contributed by atoms with Gasteiger partial charge in [0.25, 0.3) is 5.91 Å². The van der Waals surface area contributed by atoms with Gasteiger partial charge < -0.3 is 19.9 Å². The van der Waals surface area contributed by atoms with E-state index >= 15 is 0 Å². The van der Waals surface area contributed by atoms with Crippen molar-refractivity contribution in [3.05, 3.63) is 24.0 Å². The van der Waals surface area contributed by atoms with Crippen molar-refractivity contribution in [3.63, 3.8) is 0 Å². The Labute approximate surface area is 118 Å². The van der Waals surface area contributed by atoms with Crippen LogP contribution in [0.25, 0.3) is 0 Å². The molecule has 1 atom stereocenters. The molecule has 2 heterocycles. The Kier molecular flexibility index (Phi) is 4.13. The number of ether oxygens (including phenoxy) is 1.